The number of hydrogen-bond acceptors (Lipinski definition) is 1. The van der Waals surface area contributed by atoms with Gasteiger partial charge in [0.05, 0.1) is 0 Å². The van der Waals surface area contributed by atoms with Gasteiger partial charge in [-0.3, -0.25) is 0 Å². The largest absolute Gasteiger partial charge is 0.399 e. The van der Waals surface area contributed by atoms with E-state index in [-0.39, 0.29) is 0 Å². The van der Waals surface area contributed by atoms with Crippen LogP contribution in [0.15, 0.2) is 36.3 Å². The van der Waals surface area contributed by atoms with Crippen LogP contribution in [0.2, 0.25) is 0 Å². The summed E-state index contributed by atoms with van der Waals surface area (Å²) in [6.07, 6.45) is 1.24. The summed E-state index contributed by atoms with van der Waals surface area (Å²) in [5.41, 5.74) is 6.20. The Hall–Kier alpha value is -1.05. The van der Waals surface area contributed by atoms with Gasteiger partial charge in [0.1, 0.15) is 5.83 Å². The highest BCUT2D eigenvalue weighted by Crippen LogP contribution is 2.04. The van der Waals surface area contributed by atoms with Crippen molar-refractivity contribution in [3.8, 4) is 0 Å². The van der Waals surface area contributed by atoms with Crippen LogP contribution in [0, 0.1) is 0 Å². The van der Waals surface area contributed by atoms with Crippen molar-refractivity contribution in [2.75, 3.05) is 0 Å². The third-order valence-electron chi connectivity index (χ3n) is 0.880. The van der Waals surface area contributed by atoms with Gasteiger partial charge >= 0.3 is 0 Å². The van der Waals surface area contributed by atoms with E-state index in [4.69, 9.17) is 5.73 Å². The van der Waals surface area contributed by atoms with Gasteiger partial charge in [0.2, 0.25) is 0 Å². The van der Waals surface area contributed by atoms with E-state index in [1.54, 1.807) is 6.92 Å². The summed E-state index contributed by atoms with van der Waals surface area (Å²) >= 11 is 0. The molecule has 0 rings (SSSR count). The Bertz CT molecular complexity index is 168. The molecule has 0 spiro atoms. The third kappa shape index (κ3) is 3.53. The minimum Gasteiger partial charge on any atom is -0.399 e. The zero-order valence-electron chi connectivity index (χ0n) is 5.45. The molecule has 2 N–H and O–H groups in total. The smallest absolute Gasteiger partial charge is 0.116 e. The van der Waals surface area contributed by atoms with E-state index in [2.05, 4.69) is 13.2 Å². The van der Waals surface area contributed by atoms with Crippen LogP contribution in [0.4, 0.5) is 4.39 Å². The summed E-state index contributed by atoms with van der Waals surface area (Å²) in [5, 5.41) is 0. The van der Waals surface area contributed by atoms with Crippen molar-refractivity contribution >= 4 is 0 Å². The molecule has 0 saturated carbocycles. The molecule has 0 radical (unpaired) electrons. The Labute approximate surface area is 54.4 Å². The lowest BCUT2D eigenvalue weighted by Gasteiger charge is -1.94. The fraction of sp³-hybridized carbons (Fsp3) is 0.143. The Morgan fingerprint density at radius 1 is 1.56 bits per heavy atom. The SMILES string of the molecule is C=C(F)/C=C(/C)C(=C)N. The lowest BCUT2D eigenvalue weighted by Crippen LogP contribution is -1.95. The molecule has 0 bridgehead atoms. The first-order valence-electron chi connectivity index (χ1n) is 2.51. The second-order valence-corrected chi connectivity index (χ2v) is 1.80. The zero-order chi connectivity index (χ0) is 7.44. The van der Waals surface area contributed by atoms with Gasteiger partial charge in [-0.15, -0.1) is 0 Å². The van der Waals surface area contributed by atoms with Crippen molar-refractivity contribution in [2.24, 2.45) is 5.73 Å². The first kappa shape index (κ1) is 7.95. The van der Waals surface area contributed by atoms with Gasteiger partial charge in [-0.2, -0.15) is 0 Å². The minimum atomic E-state index is -0.501. The van der Waals surface area contributed by atoms with Gasteiger partial charge in [-0.1, -0.05) is 13.2 Å². The second kappa shape index (κ2) is 3.07. The van der Waals surface area contributed by atoms with E-state index in [0.29, 0.717) is 11.3 Å². The fourth-order valence-electron chi connectivity index (χ4n) is 0.328. The van der Waals surface area contributed by atoms with Gasteiger partial charge in [0.15, 0.2) is 0 Å². The fourth-order valence-corrected chi connectivity index (χ4v) is 0.328. The lowest BCUT2D eigenvalue weighted by molar-refractivity contribution is 0.670. The molecule has 0 aromatic heterocycles. The lowest BCUT2D eigenvalue weighted by atomic mass is 10.2. The van der Waals surface area contributed by atoms with Gasteiger partial charge in [-0.25, -0.2) is 4.39 Å². The minimum absolute atomic E-state index is 0.369. The molecule has 50 valence electrons. The summed E-state index contributed by atoms with van der Waals surface area (Å²) in [6, 6.07) is 0. The Morgan fingerprint density at radius 3 is 2.11 bits per heavy atom. The van der Waals surface area contributed by atoms with Crippen LogP contribution >= 0.6 is 0 Å². The van der Waals surface area contributed by atoms with Crippen molar-refractivity contribution in [1.82, 2.24) is 0 Å². The van der Waals surface area contributed by atoms with Gasteiger partial charge < -0.3 is 5.73 Å². The summed E-state index contributed by atoms with van der Waals surface area (Å²) < 4.78 is 11.9. The number of nitrogens with two attached hydrogens (primary N) is 1. The van der Waals surface area contributed by atoms with Crippen LogP contribution in [-0.4, -0.2) is 0 Å². The van der Waals surface area contributed by atoms with Gasteiger partial charge in [0, 0.05) is 5.70 Å². The average molecular weight is 127 g/mol. The molecule has 0 atom stereocenters. The number of allylic oxidation sites excluding steroid dienone is 3. The molecule has 1 nitrogen and oxygen atoms in total. The van der Waals surface area contributed by atoms with E-state index >= 15 is 0 Å². The zero-order valence-corrected chi connectivity index (χ0v) is 5.45. The standard InChI is InChI=1S/C7H10FN/c1-5(7(3)9)4-6(2)8/h4H,2-3,9H2,1H3/b5-4-. The maximum Gasteiger partial charge on any atom is 0.116 e. The first-order chi connectivity index (χ1) is 4.04. The second-order valence-electron chi connectivity index (χ2n) is 1.80. The normalized spacial score (nSPS) is 11.1. The van der Waals surface area contributed by atoms with Gasteiger partial charge in [0.25, 0.3) is 0 Å². The molecule has 0 aliphatic rings. The Balaban J connectivity index is 4.17. The number of rotatable bonds is 2. The predicted molar refractivity (Wildman–Crippen MR) is 37.3 cm³/mol. The van der Waals surface area contributed by atoms with Crippen LogP contribution in [0.25, 0.3) is 0 Å². The van der Waals surface area contributed by atoms with E-state index < -0.39 is 5.83 Å². The maximum absolute atomic E-state index is 11.9. The van der Waals surface area contributed by atoms with Crippen molar-refractivity contribution in [2.45, 2.75) is 6.92 Å². The van der Waals surface area contributed by atoms with Crippen LogP contribution in [-0.2, 0) is 0 Å². The molecule has 0 saturated heterocycles. The summed E-state index contributed by atoms with van der Waals surface area (Å²) in [4.78, 5) is 0. The summed E-state index contributed by atoms with van der Waals surface area (Å²) in [6.45, 7) is 8.12. The van der Waals surface area contributed by atoms with Gasteiger partial charge in [-0.05, 0) is 18.6 Å². The molecule has 0 aromatic rings. The van der Waals surface area contributed by atoms with E-state index in [1.807, 2.05) is 0 Å². The van der Waals surface area contributed by atoms with Crippen LogP contribution in [0.5, 0.6) is 0 Å². The third-order valence-corrected chi connectivity index (χ3v) is 0.880. The average Bonchev–Trinajstić information content (AvgIpc) is 1.63. The van der Waals surface area contributed by atoms with Crippen molar-refractivity contribution in [3.05, 3.63) is 36.3 Å². The van der Waals surface area contributed by atoms with E-state index in [9.17, 15) is 4.39 Å². The van der Waals surface area contributed by atoms with Crippen LogP contribution in [0.1, 0.15) is 6.92 Å². The molecule has 0 amide bonds. The number of halogens is 1. The molecule has 0 aliphatic carbocycles. The molecule has 9 heavy (non-hydrogen) atoms. The monoisotopic (exact) mass is 127 g/mol. The Kier molecular flexibility index (Phi) is 2.71. The predicted octanol–water partition coefficient (Wildman–Crippen LogP) is 1.89. The molecular formula is C7H10FN. The highest BCUT2D eigenvalue weighted by molar-refractivity contribution is 5.28. The summed E-state index contributed by atoms with van der Waals surface area (Å²) in [7, 11) is 0. The molecule has 0 unspecified atom stereocenters. The van der Waals surface area contributed by atoms with E-state index in [1.165, 1.54) is 6.08 Å². The molecule has 0 heterocycles. The summed E-state index contributed by atoms with van der Waals surface area (Å²) in [5.74, 6) is -0.501. The molecule has 2 heteroatoms. The maximum atomic E-state index is 11.9. The molecule has 0 fully saturated rings. The molecule has 0 aromatic carbocycles. The molecular weight excluding hydrogens is 117 g/mol. The quantitative estimate of drug-likeness (QED) is 0.563. The number of hydrogen-bond donors (Lipinski definition) is 1. The van der Waals surface area contributed by atoms with Crippen molar-refractivity contribution in [1.29, 1.82) is 0 Å². The Morgan fingerprint density at radius 2 is 2.00 bits per heavy atom. The highest BCUT2D eigenvalue weighted by atomic mass is 19.1. The molecule has 0 aliphatic heterocycles. The van der Waals surface area contributed by atoms with Crippen LogP contribution < -0.4 is 5.73 Å². The highest BCUT2D eigenvalue weighted by Gasteiger charge is 1.89. The topological polar surface area (TPSA) is 26.0 Å². The van der Waals surface area contributed by atoms with Crippen molar-refractivity contribution < 1.29 is 4.39 Å². The van der Waals surface area contributed by atoms with Crippen molar-refractivity contribution in [3.63, 3.8) is 0 Å². The first-order valence-corrected chi connectivity index (χ1v) is 2.51. The van der Waals surface area contributed by atoms with Crippen LogP contribution in [0.3, 0.4) is 0 Å². The van der Waals surface area contributed by atoms with E-state index in [0.717, 1.165) is 0 Å².